The van der Waals surface area contributed by atoms with Gasteiger partial charge < -0.3 is 5.11 Å². The summed E-state index contributed by atoms with van der Waals surface area (Å²) in [5.41, 5.74) is 1.44. The average Bonchev–Trinajstić information content (AvgIpc) is 2.77. The number of halogens is 1. The van der Waals surface area contributed by atoms with Crippen LogP contribution in [0.2, 0.25) is 5.02 Å². The molecule has 17 heavy (non-hydrogen) atoms. The zero-order valence-electron chi connectivity index (χ0n) is 9.55. The molecule has 0 aliphatic rings. The molecule has 1 atom stereocenters. The number of aliphatic hydroxyl groups excluding tert-OH is 1. The van der Waals surface area contributed by atoms with E-state index >= 15 is 0 Å². The van der Waals surface area contributed by atoms with E-state index in [9.17, 15) is 5.11 Å². The van der Waals surface area contributed by atoms with Crippen LogP contribution in [0, 0.1) is 0 Å². The maximum absolute atomic E-state index is 10.3. The van der Waals surface area contributed by atoms with Gasteiger partial charge >= 0.3 is 0 Å². The molecule has 2 aromatic rings. The van der Waals surface area contributed by atoms with Crippen LogP contribution in [0.25, 0.3) is 0 Å². The number of aliphatic hydroxyl groups is 1. The minimum atomic E-state index is -0.741. The Morgan fingerprint density at radius 3 is 3.00 bits per heavy atom. The van der Waals surface area contributed by atoms with Crippen molar-refractivity contribution in [2.45, 2.75) is 26.0 Å². The van der Waals surface area contributed by atoms with E-state index in [0.29, 0.717) is 10.7 Å². The maximum atomic E-state index is 10.3. The quantitative estimate of drug-likeness (QED) is 0.908. The summed E-state index contributed by atoms with van der Waals surface area (Å²) in [6.07, 6.45) is 1.79. The Morgan fingerprint density at radius 1 is 1.47 bits per heavy atom. The average molecular weight is 252 g/mol. The van der Waals surface area contributed by atoms with Gasteiger partial charge in [0, 0.05) is 11.6 Å². The van der Waals surface area contributed by atoms with E-state index in [1.54, 1.807) is 23.0 Å². The van der Waals surface area contributed by atoms with Crippen LogP contribution >= 0.6 is 11.6 Å². The second-order valence-electron chi connectivity index (χ2n) is 3.84. The topological polar surface area (TPSA) is 50.9 Å². The molecule has 0 aliphatic carbocycles. The lowest BCUT2D eigenvalue weighted by molar-refractivity contribution is 0.207. The highest BCUT2D eigenvalue weighted by atomic mass is 35.5. The highest BCUT2D eigenvalue weighted by molar-refractivity contribution is 6.30. The lowest BCUT2D eigenvalue weighted by atomic mass is 10.1. The van der Waals surface area contributed by atoms with Gasteiger partial charge in [-0.05, 0) is 24.1 Å². The Hall–Kier alpha value is -1.39. The standard InChI is InChI=1S/C12H14ClN3O/c1-2-6-16-11(8-14-15-16)12(17)9-4-3-5-10(13)7-9/h3-5,7-8,12,17H,2,6H2,1H3. The molecule has 5 heteroatoms. The Morgan fingerprint density at radius 2 is 2.29 bits per heavy atom. The van der Waals surface area contributed by atoms with Crippen LogP contribution in [0.4, 0.5) is 0 Å². The second-order valence-corrected chi connectivity index (χ2v) is 4.28. The largest absolute Gasteiger partial charge is 0.382 e. The van der Waals surface area contributed by atoms with Crippen molar-refractivity contribution in [2.24, 2.45) is 0 Å². The minimum Gasteiger partial charge on any atom is -0.382 e. The first-order chi connectivity index (χ1) is 8.22. The second kappa shape index (κ2) is 5.29. The molecular weight excluding hydrogens is 238 g/mol. The molecule has 0 aliphatic heterocycles. The molecule has 0 fully saturated rings. The molecular formula is C12H14ClN3O. The van der Waals surface area contributed by atoms with Gasteiger partial charge in [-0.2, -0.15) is 0 Å². The summed E-state index contributed by atoms with van der Waals surface area (Å²) in [6.45, 7) is 2.80. The predicted molar refractivity (Wildman–Crippen MR) is 65.8 cm³/mol. The summed E-state index contributed by atoms with van der Waals surface area (Å²) < 4.78 is 1.71. The van der Waals surface area contributed by atoms with Crippen LogP contribution in [-0.4, -0.2) is 20.1 Å². The minimum absolute atomic E-state index is 0.607. The summed E-state index contributed by atoms with van der Waals surface area (Å²) in [5, 5.41) is 18.6. The summed E-state index contributed by atoms with van der Waals surface area (Å²) >= 11 is 5.90. The Bertz CT molecular complexity index is 498. The van der Waals surface area contributed by atoms with E-state index in [-0.39, 0.29) is 0 Å². The van der Waals surface area contributed by atoms with Crippen molar-refractivity contribution in [1.29, 1.82) is 0 Å². The molecule has 0 saturated heterocycles. The zero-order valence-corrected chi connectivity index (χ0v) is 10.3. The molecule has 0 spiro atoms. The van der Waals surface area contributed by atoms with Gasteiger partial charge in [0.05, 0.1) is 11.9 Å². The normalized spacial score (nSPS) is 12.6. The van der Waals surface area contributed by atoms with Crippen molar-refractivity contribution in [2.75, 3.05) is 0 Å². The van der Waals surface area contributed by atoms with Crippen molar-refractivity contribution in [3.63, 3.8) is 0 Å². The lowest BCUT2D eigenvalue weighted by Crippen LogP contribution is -2.10. The number of rotatable bonds is 4. The van der Waals surface area contributed by atoms with Crippen molar-refractivity contribution in [1.82, 2.24) is 15.0 Å². The Balaban J connectivity index is 2.30. The number of nitrogens with zero attached hydrogens (tertiary/aromatic N) is 3. The van der Waals surface area contributed by atoms with Gasteiger partial charge in [-0.25, -0.2) is 4.68 Å². The van der Waals surface area contributed by atoms with E-state index in [1.165, 1.54) is 0 Å². The summed E-state index contributed by atoms with van der Waals surface area (Å²) in [6, 6.07) is 7.17. The first-order valence-corrected chi connectivity index (χ1v) is 5.92. The summed E-state index contributed by atoms with van der Waals surface area (Å²) in [5.74, 6) is 0. The van der Waals surface area contributed by atoms with Crippen LogP contribution in [0.1, 0.15) is 30.7 Å². The zero-order chi connectivity index (χ0) is 12.3. The number of aromatic nitrogens is 3. The van der Waals surface area contributed by atoms with Crippen LogP contribution in [0.5, 0.6) is 0 Å². The number of hydrogen-bond donors (Lipinski definition) is 1. The summed E-state index contributed by atoms with van der Waals surface area (Å²) in [4.78, 5) is 0. The molecule has 0 radical (unpaired) electrons. The van der Waals surface area contributed by atoms with Gasteiger partial charge in [-0.1, -0.05) is 35.9 Å². The molecule has 1 heterocycles. The van der Waals surface area contributed by atoms with Crippen LogP contribution in [-0.2, 0) is 6.54 Å². The highest BCUT2D eigenvalue weighted by Gasteiger charge is 2.16. The van der Waals surface area contributed by atoms with Gasteiger partial charge in [0.2, 0.25) is 0 Å². The third-order valence-electron chi connectivity index (χ3n) is 2.53. The monoisotopic (exact) mass is 251 g/mol. The van der Waals surface area contributed by atoms with Crippen molar-refractivity contribution < 1.29 is 5.11 Å². The molecule has 90 valence electrons. The molecule has 1 N–H and O–H groups in total. The lowest BCUT2D eigenvalue weighted by Gasteiger charge is -2.12. The third-order valence-corrected chi connectivity index (χ3v) is 2.76. The molecule has 1 unspecified atom stereocenters. The van der Waals surface area contributed by atoms with Crippen LogP contribution in [0.3, 0.4) is 0 Å². The molecule has 4 nitrogen and oxygen atoms in total. The molecule has 0 bridgehead atoms. The molecule has 0 amide bonds. The first kappa shape index (κ1) is 12.1. The Kier molecular flexibility index (Phi) is 3.76. The Labute approximate surface area is 105 Å². The molecule has 1 aromatic carbocycles. The SMILES string of the molecule is CCCn1nncc1C(O)c1cccc(Cl)c1. The number of aryl methyl sites for hydroxylation is 1. The van der Waals surface area contributed by atoms with Crippen molar-refractivity contribution >= 4 is 11.6 Å². The molecule has 1 aromatic heterocycles. The van der Waals surface area contributed by atoms with Crippen molar-refractivity contribution in [3.05, 3.63) is 46.7 Å². The van der Waals surface area contributed by atoms with Gasteiger partial charge in [0.15, 0.2) is 0 Å². The van der Waals surface area contributed by atoms with Crippen LogP contribution in [0.15, 0.2) is 30.5 Å². The number of hydrogen-bond acceptors (Lipinski definition) is 3. The van der Waals surface area contributed by atoms with E-state index in [2.05, 4.69) is 17.2 Å². The molecule has 0 saturated carbocycles. The van der Waals surface area contributed by atoms with Crippen LogP contribution < -0.4 is 0 Å². The van der Waals surface area contributed by atoms with Gasteiger partial charge in [-0.3, -0.25) is 0 Å². The highest BCUT2D eigenvalue weighted by Crippen LogP contribution is 2.23. The van der Waals surface area contributed by atoms with Gasteiger partial charge in [0.1, 0.15) is 6.10 Å². The fraction of sp³-hybridized carbons (Fsp3) is 0.333. The van der Waals surface area contributed by atoms with Gasteiger partial charge in [0.25, 0.3) is 0 Å². The molecule has 2 rings (SSSR count). The fourth-order valence-corrected chi connectivity index (χ4v) is 1.91. The van der Waals surface area contributed by atoms with Gasteiger partial charge in [-0.15, -0.1) is 5.10 Å². The predicted octanol–water partition coefficient (Wildman–Crippen LogP) is 2.42. The van der Waals surface area contributed by atoms with E-state index < -0.39 is 6.10 Å². The first-order valence-electron chi connectivity index (χ1n) is 5.54. The summed E-state index contributed by atoms with van der Waals surface area (Å²) in [7, 11) is 0. The van der Waals surface area contributed by atoms with Crippen molar-refractivity contribution in [3.8, 4) is 0 Å². The maximum Gasteiger partial charge on any atom is 0.122 e. The number of benzene rings is 1. The third kappa shape index (κ3) is 2.65. The fourth-order valence-electron chi connectivity index (χ4n) is 1.71. The van der Waals surface area contributed by atoms with E-state index in [4.69, 9.17) is 11.6 Å². The van der Waals surface area contributed by atoms with E-state index in [1.807, 2.05) is 12.1 Å². The smallest absolute Gasteiger partial charge is 0.122 e. The van der Waals surface area contributed by atoms with E-state index in [0.717, 1.165) is 18.5 Å².